The summed E-state index contributed by atoms with van der Waals surface area (Å²) in [5, 5.41) is 10.9. The summed E-state index contributed by atoms with van der Waals surface area (Å²) in [6.45, 7) is 0. The van der Waals surface area contributed by atoms with Crippen molar-refractivity contribution in [1.29, 1.82) is 0 Å². The van der Waals surface area contributed by atoms with E-state index in [4.69, 9.17) is 0 Å². The SMILES string of the molecule is O=[N+]([O-])c1ccc(Br)cc1/C=N/c1ccc(F)cc1. The van der Waals surface area contributed by atoms with Gasteiger partial charge in [0.25, 0.3) is 5.69 Å². The molecule has 0 saturated heterocycles. The van der Waals surface area contributed by atoms with Crippen molar-refractivity contribution in [2.45, 2.75) is 0 Å². The number of rotatable bonds is 3. The number of nitrogens with zero attached hydrogens (tertiary/aromatic N) is 2. The first-order chi connectivity index (χ1) is 9.06. The second-order valence-corrected chi connectivity index (χ2v) is 4.61. The number of halogens is 2. The van der Waals surface area contributed by atoms with Crippen LogP contribution >= 0.6 is 15.9 Å². The summed E-state index contributed by atoms with van der Waals surface area (Å²) in [5.41, 5.74) is 0.869. The van der Waals surface area contributed by atoms with E-state index >= 15 is 0 Å². The maximum Gasteiger partial charge on any atom is 0.278 e. The van der Waals surface area contributed by atoms with Gasteiger partial charge in [-0.3, -0.25) is 15.1 Å². The highest BCUT2D eigenvalue weighted by atomic mass is 79.9. The topological polar surface area (TPSA) is 55.5 Å². The molecular formula is C13H8BrFN2O2. The van der Waals surface area contributed by atoms with E-state index in [2.05, 4.69) is 20.9 Å². The summed E-state index contributed by atoms with van der Waals surface area (Å²) >= 11 is 3.25. The van der Waals surface area contributed by atoms with E-state index in [-0.39, 0.29) is 11.5 Å². The monoisotopic (exact) mass is 322 g/mol. The molecule has 2 rings (SSSR count). The number of hydrogen-bond donors (Lipinski definition) is 0. The zero-order chi connectivity index (χ0) is 13.8. The van der Waals surface area contributed by atoms with Crippen LogP contribution in [0.15, 0.2) is 51.9 Å². The highest BCUT2D eigenvalue weighted by Crippen LogP contribution is 2.22. The Morgan fingerprint density at radius 3 is 2.53 bits per heavy atom. The molecule has 0 unspecified atom stereocenters. The molecule has 4 nitrogen and oxygen atoms in total. The summed E-state index contributed by atoms with van der Waals surface area (Å²) in [6, 6.07) is 10.1. The Hall–Kier alpha value is -2.08. The van der Waals surface area contributed by atoms with Gasteiger partial charge in [0.15, 0.2) is 0 Å². The Morgan fingerprint density at radius 1 is 1.21 bits per heavy atom. The van der Waals surface area contributed by atoms with Gasteiger partial charge in [0.1, 0.15) is 5.82 Å². The highest BCUT2D eigenvalue weighted by Gasteiger charge is 2.11. The zero-order valence-electron chi connectivity index (χ0n) is 9.59. The molecule has 96 valence electrons. The van der Waals surface area contributed by atoms with Gasteiger partial charge in [-0.25, -0.2) is 4.39 Å². The van der Waals surface area contributed by atoms with Gasteiger partial charge in [-0.2, -0.15) is 0 Å². The van der Waals surface area contributed by atoms with Crippen molar-refractivity contribution in [3.63, 3.8) is 0 Å². The van der Waals surface area contributed by atoms with Gasteiger partial charge in [0.05, 0.1) is 16.2 Å². The first-order valence-corrected chi connectivity index (χ1v) is 6.09. The molecule has 0 aliphatic rings. The predicted molar refractivity (Wildman–Crippen MR) is 74.5 cm³/mol. The third-order valence-electron chi connectivity index (χ3n) is 2.37. The Balaban J connectivity index is 2.34. The molecule has 2 aromatic rings. The third kappa shape index (κ3) is 3.45. The minimum absolute atomic E-state index is 0.0333. The molecule has 0 bridgehead atoms. The van der Waals surface area contributed by atoms with Crippen molar-refractivity contribution in [1.82, 2.24) is 0 Å². The van der Waals surface area contributed by atoms with Crippen LogP contribution in [0.1, 0.15) is 5.56 Å². The maximum atomic E-state index is 12.7. The number of nitro benzene ring substituents is 1. The van der Waals surface area contributed by atoms with Gasteiger partial charge in [0, 0.05) is 16.8 Å². The summed E-state index contributed by atoms with van der Waals surface area (Å²) in [5.74, 6) is -0.354. The molecule has 0 amide bonds. The fourth-order valence-electron chi connectivity index (χ4n) is 1.47. The van der Waals surface area contributed by atoms with Crippen LogP contribution in [0.25, 0.3) is 0 Å². The van der Waals surface area contributed by atoms with Gasteiger partial charge >= 0.3 is 0 Å². The Labute approximate surface area is 116 Å². The van der Waals surface area contributed by atoms with Crippen LogP contribution in [0.3, 0.4) is 0 Å². The van der Waals surface area contributed by atoms with Crippen LogP contribution in [0.4, 0.5) is 15.8 Å². The second-order valence-electron chi connectivity index (χ2n) is 3.69. The lowest BCUT2D eigenvalue weighted by molar-refractivity contribution is -0.385. The minimum atomic E-state index is -0.474. The molecule has 0 aromatic heterocycles. The molecule has 0 heterocycles. The fraction of sp³-hybridized carbons (Fsp3) is 0. The Kier molecular flexibility index (Phi) is 4.01. The van der Waals surface area contributed by atoms with Crippen LogP contribution in [-0.2, 0) is 0 Å². The molecule has 0 saturated carbocycles. The minimum Gasteiger partial charge on any atom is -0.258 e. The lowest BCUT2D eigenvalue weighted by Gasteiger charge is -1.98. The number of hydrogen-bond acceptors (Lipinski definition) is 3. The summed E-state index contributed by atoms with van der Waals surface area (Å²) < 4.78 is 13.4. The molecule has 0 atom stereocenters. The van der Waals surface area contributed by atoms with Crippen molar-refractivity contribution >= 4 is 33.5 Å². The lowest BCUT2D eigenvalue weighted by Crippen LogP contribution is -1.94. The van der Waals surface area contributed by atoms with Gasteiger partial charge < -0.3 is 0 Å². The van der Waals surface area contributed by atoms with E-state index in [1.165, 1.54) is 36.5 Å². The third-order valence-corrected chi connectivity index (χ3v) is 2.86. The van der Waals surface area contributed by atoms with Gasteiger partial charge in [-0.15, -0.1) is 0 Å². The van der Waals surface area contributed by atoms with E-state index in [1.807, 2.05) is 0 Å². The van der Waals surface area contributed by atoms with Crippen LogP contribution in [0, 0.1) is 15.9 Å². The lowest BCUT2D eigenvalue weighted by atomic mass is 10.2. The van der Waals surface area contributed by atoms with Gasteiger partial charge in [-0.1, -0.05) is 15.9 Å². The molecular weight excluding hydrogens is 315 g/mol. The normalized spacial score (nSPS) is 10.8. The van der Waals surface area contributed by atoms with Crippen LogP contribution in [0.5, 0.6) is 0 Å². The maximum absolute atomic E-state index is 12.7. The van der Waals surface area contributed by atoms with Crippen LogP contribution in [-0.4, -0.2) is 11.1 Å². The summed E-state index contributed by atoms with van der Waals surface area (Å²) in [7, 11) is 0. The molecule has 0 fully saturated rings. The molecule has 0 N–H and O–H groups in total. The van der Waals surface area contributed by atoms with Crippen molar-refractivity contribution in [3.8, 4) is 0 Å². The van der Waals surface area contributed by atoms with E-state index in [0.29, 0.717) is 11.3 Å². The zero-order valence-corrected chi connectivity index (χ0v) is 11.2. The van der Waals surface area contributed by atoms with Crippen molar-refractivity contribution in [2.75, 3.05) is 0 Å². The molecule has 2 aromatic carbocycles. The molecule has 6 heteroatoms. The number of benzene rings is 2. The molecule has 0 spiro atoms. The summed E-state index contributed by atoms with van der Waals surface area (Å²) in [6.07, 6.45) is 1.39. The van der Waals surface area contributed by atoms with Crippen molar-refractivity contribution in [3.05, 3.63) is 68.4 Å². The fourth-order valence-corrected chi connectivity index (χ4v) is 1.85. The molecule has 0 aliphatic heterocycles. The van der Waals surface area contributed by atoms with E-state index in [0.717, 1.165) is 4.47 Å². The average molecular weight is 323 g/mol. The highest BCUT2D eigenvalue weighted by molar-refractivity contribution is 9.10. The van der Waals surface area contributed by atoms with Crippen LogP contribution in [0.2, 0.25) is 0 Å². The Morgan fingerprint density at radius 2 is 1.89 bits per heavy atom. The summed E-state index contributed by atoms with van der Waals surface area (Å²) in [4.78, 5) is 14.5. The molecule has 0 aliphatic carbocycles. The quantitative estimate of drug-likeness (QED) is 0.482. The van der Waals surface area contributed by atoms with Crippen molar-refractivity contribution < 1.29 is 9.31 Å². The molecule has 0 radical (unpaired) electrons. The van der Waals surface area contributed by atoms with Crippen molar-refractivity contribution in [2.24, 2.45) is 4.99 Å². The number of aliphatic imine (C=N–C) groups is 1. The van der Waals surface area contributed by atoms with Gasteiger partial charge in [0.2, 0.25) is 0 Å². The Bertz CT molecular complexity index is 642. The van der Waals surface area contributed by atoms with E-state index in [1.54, 1.807) is 12.1 Å². The standard InChI is InChI=1S/C13H8BrFN2O2/c14-10-1-6-13(17(18)19)9(7-10)8-16-12-4-2-11(15)3-5-12/h1-8H/b16-8+. The van der Waals surface area contributed by atoms with E-state index < -0.39 is 4.92 Å². The van der Waals surface area contributed by atoms with Gasteiger partial charge in [-0.05, 0) is 36.4 Å². The largest absolute Gasteiger partial charge is 0.278 e. The second kappa shape index (κ2) is 5.71. The average Bonchev–Trinajstić information content (AvgIpc) is 2.38. The van der Waals surface area contributed by atoms with Crippen LogP contribution < -0.4 is 0 Å². The first-order valence-electron chi connectivity index (χ1n) is 5.30. The van der Waals surface area contributed by atoms with E-state index in [9.17, 15) is 14.5 Å². The smallest absolute Gasteiger partial charge is 0.258 e. The predicted octanol–water partition coefficient (Wildman–Crippen LogP) is 4.25. The molecule has 19 heavy (non-hydrogen) atoms. The first kappa shape index (κ1) is 13.4. The number of nitro groups is 1.